The SMILES string of the molecule is O=C(O)c1cc[c-]cc1.[Cd].[Y]. The Morgan fingerprint density at radius 3 is 2.09 bits per heavy atom. The Morgan fingerprint density at radius 2 is 1.82 bits per heavy atom. The van der Waals surface area contributed by atoms with Crippen LogP contribution < -0.4 is 0 Å². The summed E-state index contributed by atoms with van der Waals surface area (Å²) >= 11 is 0. The monoisotopic (exact) mass is 324 g/mol. The number of benzene rings is 1. The quantitative estimate of drug-likeness (QED) is 0.623. The van der Waals surface area contributed by atoms with Crippen LogP contribution in [0.1, 0.15) is 10.4 Å². The van der Waals surface area contributed by atoms with Crippen LogP contribution in [-0.2, 0) is 60.0 Å². The van der Waals surface area contributed by atoms with Crippen molar-refractivity contribution in [3.05, 3.63) is 35.9 Å². The molecule has 0 heterocycles. The standard InChI is InChI=1S/C7H5O2.Cd.Y/c8-7(9)6-4-2-1-3-5-6;;/h2-5H,(H,8,9);;/q-1;;. The Kier molecular flexibility index (Phi) is 9.55. The van der Waals surface area contributed by atoms with Crippen molar-refractivity contribution in [1.82, 2.24) is 0 Å². The minimum Gasteiger partial charge on any atom is -0.479 e. The van der Waals surface area contributed by atoms with Crippen molar-refractivity contribution in [3.8, 4) is 0 Å². The summed E-state index contributed by atoms with van der Waals surface area (Å²) in [6.07, 6.45) is 0. The smallest absolute Gasteiger partial charge is 0.311 e. The summed E-state index contributed by atoms with van der Waals surface area (Å²) in [4.78, 5) is 10.2. The second-order valence-corrected chi connectivity index (χ2v) is 1.59. The third kappa shape index (κ3) is 5.03. The summed E-state index contributed by atoms with van der Waals surface area (Å²) in [6.45, 7) is 0. The number of carboxylic acid groups (broad SMARTS) is 1. The van der Waals surface area contributed by atoms with E-state index in [-0.39, 0.29) is 60.0 Å². The summed E-state index contributed by atoms with van der Waals surface area (Å²) in [7, 11) is 0. The van der Waals surface area contributed by atoms with Crippen molar-refractivity contribution < 1.29 is 69.9 Å². The van der Waals surface area contributed by atoms with Gasteiger partial charge in [0.1, 0.15) is 0 Å². The molecule has 0 aliphatic rings. The predicted molar refractivity (Wildman–Crippen MR) is 32.2 cm³/mol. The average molecular weight is 322 g/mol. The van der Waals surface area contributed by atoms with Crippen LogP contribution in [0.15, 0.2) is 24.3 Å². The molecule has 1 rings (SSSR count). The van der Waals surface area contributed by atoms with Crippen LogP contribution in [0, 0.1) is 6.07 Å². The molecule has 1 aromatic carbocycles. The van der Waals surface area contributed by atoms with Gasteiger partial charge in [-0.25, -0.2) is 4.79 Å². The van der Waals surface area contributed by atoms with Crippen molar-refractivity contribution in [2.75, 3.05) is 0 Å². The molecule has 51 valence electrons. The fourth-order valence-corrected chi connectivity index (χ4v) is 0.529. The second kappa shape index (κ2) is 7.37. The van der Waals surface area contributed by atoms with E-state index in [9.17, 15) is 4.79 Å². The minimum absolute atomic E-state index is 0. The van der Waals surface area contributed by atoms with Crippen LogP contribution in [0.25, 0.3) is 0 Å². The normalized spacial score (nSPS) is 7.27. The fraction of sp³-hybridized carbons (Fsp3) is 0. The van der Waals surface area contributed by atoms with Gasteiger partial charge in [0.25, 0.3) is 0 Å². The first-order valence-electron chi connectivity index (χ1n) is 2.50. The molecular weight excluding hydrogens is 317 g/mol. The summed E-state index contributed by atoms with van der Waals surface area (Å²) in [5.41, 5.74) is 0.300. The van der Waals surface area contributed by atoms with Crippen LogP contribution in [0.4, 0.5) is 0 Å². The number of aromatic carboxylic acids is 1. The molecule has 0 bridgehead atoms. The topological polar surface area (TPSA) is 37.3 Å². The molecule has 1 radical (unpaired) electrons. The Hall–Kier alpha value is 0.716. The van der Waals surface area contributed by atoms with Crippen LogP contribution in [0.2, 0.25) is 0 Å². The van der Waals surface area contributed by atoms with E-state index in [1.165, 1.54) is 12.1 Å². The first-order valence-corrected chi connectivity index (χ1v) is 2.50. The molecule has 2 nitrogen and oxygen atoms in total. The third-order valence-electron chi connectivity index (χ3n) is 0.965. The maximum Gasteiger partial charge on any atom is 0.311 e. The molecule has 0 amide bonds. The van der Waals surface area contributed by atoms with E-state index < -0.39 is 5.97 Å². The molecule has 0 aliphatic carbocycles. The molecule has 11 heavy (non-hydrogen) atoms. The van der Waals surface area contributed by atoms with Crippen molar-refractivity contribution >= 4 is 5.97 Å². The third-order valence-corrected chi connectivity index (χ3v) is 0.965. The largest absolute Gasteiger partial charge is 0.479 e. The molecule has 0 saturated heterocycles. The number of hydrogen-bond donors (Lipinski definition) is 1. The van der Waals surface area contributed by atoms with Crippen LogP contribution in [0.3, 0.4) is 0 Å². The Bertz CT molecular complexity index is 213. The maximum absolute atomic E-state index is 10.2. The van der Waals surface area contributed by atoms with E-state index in [1.807, 2.05) is 0 Å². The van der Waals surface area contributed by atoms with Crippen molar-refractivity contribution in [3.63, 3.8) is 0 Å². The Labute approximate surface area is 110 Å². The van der Waals surface area contributed by atoms with Gasteiger partial charge in [-0.15, -0.1) is 0 Å². The molecule has 0 atom stereocenters. The van der Waals surface area contributed by atoms with E-state index in [0.29, 0.717) is 5.56 Å². The van der Waals surface area contributed by atoms with Gasteiger partial charge in [0.2, 0.25) is 0 Å². The van der Waals surface area contributed by atoms with Gasteiger partial charge in [-0.1, -0.05) is 0 Å². The van der Waals surface area contributed by atoms with Crippen molar-refractivity contribution in [2.24, 2.45) is 0 Å². The molecule has 0 spiro atoms. The van der Waals surface area contributed by atoms with E-state index in [4.69, 9.17) is 5.11 Å². The predicted octanol–water partition coefficient (Wildman–Crippen LogP) is 1.18. The van der Waals surface area contributed by atoms with Crippen molar-refractivity contribution in [1.29, 1.82) is 0 Å². The van der Waals surface area contributed by atoms with Gasteiger partial charge >= 0.3 is 5.97 Å². The van der Waals surface area contributed by atoms with Gasteiger partial charge in [0.15, 0.2) is 0 Å². The average Bonchev–Trinajstić information content (AvgIpc) is 1.90. The number of hydrogen-bond acceptors (Lipinski definition) is 1. The zero-order chi connectivity index (χ0) is 6.69. The second-order valence-electron chi connectivity index (χ2n) is 1.59. The summed E-state index contributed by atoms with van der Waals surface area (Å²) in [6, 6.07) is 8.87. The van der Waals surface area contributed by atoms with E-state index in [1.54, 1.807) is 12.1 Å². The first-order chi connectivity index (χ1) is 4.30. The molecule has 1 aromatic rings. The van der Waals surface area contributed by atoms with E-state index >= 15 is 0 Å². The molecule has 4 heteroatoms. The summed E-state index contributed by atoms with van der Waals surface area (Å²) < 4.78 is 0. The van der Waals surface area contributed by atoms with Gasteiger partial charge in [-0.2, -0.15) is 30.3 Å². The number of carbonyl (C=O) groups is 1. The molecule has 0 saturated carbocycles. The molecule has 0 unspecified atom stereocenters. The Balaban J connectivity index is 0. The van der Waals surface area contributed by atoms with Crippen LogP contribution in [-0.4, -0.2) is 11.1 Å². The number of carboxylic acids is 1. The zero-order valence-electron chi connectivity index (χ0n) is 5.95. The minimum atomic E-state index is -0.899. The van der Waals surface area contributed by atoms with Gasteiger partial charge in [-0.05, 0) is 5.56 Å². The van der Waals surface area contributed by atoms with Crippen LogP contribution >= 0.6 is 0 Å². The molecule has 0 fully saturated rings. The van der Waals surface area contributed by atoms with Crippen molar-refractivity contribution in [2.45, 2.75) is 0 Å². The first kappa shape index (κ1) is 14.3. The van der Waals surface area contributed by atoms with Gasteiger partial charge < -0.3 is 5.11 Å². The molecule has 0 aromatic heterocycles. The van der Waals surface area contributed by atoms with Gasteiger partial charge in [0, 0.05) is 60.0 Å². The fourth-order valence-electron chi connectivity index (χ4n) is 0.529. The summed E-state index contributed by atoms with van der Waals surface area (Å²) in [5.74, 6) is -0.899. The van der Waals surface area contributed by atoms with E-state index in [0.717, 1.165) is 0 Å². The molecule has 1 N–H and O–H groups in total. The van der Waals surface area contributed by atoms with Gasteiger partial charge in [-0.3, -0.25) is 0 Å². The van der Waals surface area contributed by atoms with Crippen LogP contribution in [0.5, 0.6) is 0 Å². The molecular formula is C7H5CdO2Y-. The van der Waals surface area contributed by atoms with Gasteiger partial charge in [0.05, 0.1) is 0 Å². The summed E-state index contributed by atoms with van der Waals surface area (Å²) in [5, 5.41) is 8.37. The maximum atomic E-state index is 10.2. The Morgan fingerprint density at radius 1 is 1.36 bits per heavy atom. The van der Waals surface area contributed by atoms with E-state index in [2.05, 4.69) is 6.07 Å². The molecule has 0 aliphatic heterocycles. The zero-order valence-corrected chi connectivity index (χ0v) is 12.8. The number of rotatable bonds is 1.